The van der Waals surface area contributed by atoms with Gasteiger partial charge in [-0.05, 0) is 43.7 Å². The molecule has 5 nitrogen and oxygen atoms in total. The molecule has 3 rings (SSSR count). The van der Waals surface area contributed by atoms with Crippen LogP contribution in [0.25, 0.3) is 0 Å². The predicted molar refractivity (Wildman–Crippen MR) is 112 cm³/mol. The van der Waals surface area contributed by atoms with Crippen molar-refractivity contribution >= 4 is 17.4 Å². The molecule has 0 aliphatic heterocycles. The molecule has 28 heavy (non-hydrogen) atoms. The number of amides is 1. The van der Waals surface area contributed by atoms with Crippen LogP contribution in [-0.2, 0) is 6.54 Å². The van der Waals surface area contributed by atoms with Crippen molar-refractivity contribution < 1.29 is 9.53 Å². The van der Waals surface area contributed by atoms with Crippen LogP contribution in [0.3, 0.4) is 0 Å². The number of anilines is 2. The average Bonchev–Trinajstić information content (AvgIpc) is 2.70. The van der Waals surface area contributed by atoms with E-state index in [2.05, 4.69) is 10.3 Å². The van der Waals surface area contributed by atoms with E-state index in [1.165, 1.54) is 0 Å². The monoisotopic (exact) mass is 375 g/mol. The van der Waals surface area contributed by atoms with E-state index in [9.17, 15) is 4.79 Å². The first-order valence-corrected chi connectivity index (χ1v) is 9.31. The molecule has 1 N–H and O–H groups in total. The Labute approximate surface area is 166 Å². The molecule has 0 atom stereocenters. The molecule has 0 fully saturated rings. The minimum atomic E-state index is -0.0635. The number of rotatable bonds is 7. The number of pyridine rings is 1. The van der Waals surface area contributed by atoms with Crippen molar-refractivity contribution in [3.05, 3.63) is 84.1 Å². The number of nitrogens with one attached hydrogen (secondary N) is 1. The predicted octanol–water partition coefficient (Wildman–Crippen LogP) is 4.88. The van der Waals surface area contributed by atoms with Gasteiger partial charge in [0.05, 0.1) is 17.4 Å². The van der Waals surface area contributed by atoms with Crippen LogP contribution in [0.4, 0.5) is 11.5 Å². The molecule has 3 aromatic rings. The van der Waals surface area contributed by atoms with Crippen LogP contribution in [0.1, 0.15) is 29.8 Å². The topological polar surface area (TPSA) is 54.5 Å². The second-order valence-corrected chi connectivity index (χ2v) is 6.87. The molecule has 1 heterocycles. The summed E-state index contributed by atoms with van der Waals surface area (Å²) in [5.74, 6) is 1.36. The summed E-state index contributed by atoms with van der Waals surface area (Å²) in [6.07, 6.45) is 1.67. The normalized spacial score (nSPS) is 10.6. The molecule has 0 saturated heterocycles. The number of ether oxygens (including phenoxy) is 1. The summed E-state index contributed by atoms with van der Waals surface area (Å²) in [5, 5.41) is 3.25. The highest BCUT2D eigenvalue weighted by Gasteiger charge is 2.13. The Kier molecular flexibility index (Phi) is 6.27. The Bertz CT molecular complexity index is 909. The Morgan fingerprint density at radius 3 is 2.43 bits per heavy atom. The van der Waals surface area contributed by atoms with E-state index in [0.29, 0.717) is 17.9 Å². The number of carbonyl (C=O) groups is 1. The van der Waals surface area contributed by atoms with E-state index in [1.807, 2.05) is 68.4 Å². The quantitative estimate of drug-likeness (QED) is 0.639. The minimum Gasteiger partial charge on any atom is -0.489 e. The molecular formula is C23H25N3O2. The molecule has 5 heteroatoms. The van der Waals surface area contributed by atoms with Gasteiger partial charge in [-0.15, -0.1) is 0 Å². The van der Waals surface area contributed by atoms with E-state index in [1.54, 1.807) is 30.3 Å². The third-order valence-electron chi connectivity index (χ3n) is 4.13. The van der Waals surface area contributed by atoms with Gasteiger partial charge >= 0.3 is 0 Å². The Morgan fingerprint density at radius 1 is 1.04 bits per heavy atom. The highest BCUT2D eigenvalue weighted by molar-refractivity contribution is 5.94. The van der Waals surface area contributed by atoms with Gasteiger partial charge in [0.15, 0.2) is 0 Å². The number of hydrogen-bond acceptors (Lipinski definition) is 4. The summed E-state index contributed by atoms with van der Waals surface area (Å²) in [6, 6.07) is 21.2. The molecule has 0 aliphatic carbocycles. The van der Waals surface area contributed by atoms with Gasteiger partial charge in [0.1, 0.15) is 11.6 Å². The molecule has 0 unspecified atom stereocenters. The van der Waals surface area contributed by atoms with Crippen molar-refractivity contribution in [2.24, 2.45) is 0 Å². The van der Waals surface area contributed by atoms with Crippen LogP contribution in [0.15, 0.2) is 72.9 Å². The van der Waals surface area contributed by atoms with Crippen LogP contribution in [-0.4, -0.2) is 28.9 Å². The number of aromatic nitrogens is 1. The molecule has 2 aromatic carbocycles. The zero-order valence-corrected chi connectivity index (χ0v) is 16.4. The lowest BCUT2D eigenvalue weighted by Crippen LogP contribution is -2.26. The summed E-state index contributed by atoms with van der Waals surface area (Å²) in [6.45, 7) is 4.53. The fourth-order valence-corrected chi connectivity index (χ4v) is 2.81. The standard InChI is InChI=1S/C23H25N3O2/c1-17(2)28-21-12-8-7-11-20(21)25-22-14-13-19(15-24-22)23(27)26(3)16-18-9-5-4-6-10-18/h4-15,17H,16H2,1-3H3,(H,24,25). The summed E-state index contributed by atoms with van der Waals surface area (Å²) in [5.41, 5.74) is 2.48. The molecule has 144 valence electrons. The van der Waals surface area contributed by atoms with Gasteiger partial charge in [0.25, 0.3) is 5.91 Å². The van der Waals surface area contributed by atoms with Crippen LogP contribution in [0.5, 0.6) is 5.75 Å². The number of hydrogen-bond donors (Lipinski definition) is 1. The first-order chi connectivity index (χ1) is 13.5. The van der Waals surface area contributed by atoms with Crippen LogP contribution < -0.4 is 10.1 Å². The van der Waals surface area contributed by atoms with Gasteiger partial charge in [-0.25, -0.2) is 4.98 Å². The SMILES string of the molecule is CC(C)Oc1ccccc1Nc1ccc(C(=O)N(C)Cc2ccccc2)cn1. The van der Waals surface area contributed by atoms with Crippen molar-refractivity contribution in [2.45, 2.75) is 26.5 Å². The second kappa shape index (κ2) is 9.04. The lowest BCUT2D eigenvalue weighted by atomic mass is 10.2. The van der Waals surface area contributed by atoms with Crippen molar-refractivity contribution in [1.29, 1.82) is 0 Å². The highest BCUT2D eigenvalue weighted by atomic mass is 16.5. The van der Waals surface area contributed by atoms with Gasteiger partial charge in [-0.1, -0.05) is 42.5 Å². The second-order valence-electron chi connectivity index (χ2n) is 6.87. The lowest BCUT2D eigenvalue weighted by Gasteiger charge is -2.18. The fraction of sp³-hybridized carbons (Fsp3) is 0.217. The van der Waals surface area contributed by atoms with E-state index in [-0.39, 0.29) is 12.0 Å². The summed E-state index contributed by atoms with van der Waals surface area (Å²) in [4.78, 5) is 18.7. The summed E-state index contributed by atoms with van der Waals surface area (Å²) < 4.78 is 5.82. The van der Waals surface area contributed by atoms with Crippen LogP contribution in [0.2, 0.25) is 0 Å². The zero-order chi connectivity index (χ0) is 19.9. The van der Waals surface area contributed by atoms with Crippen LogP contribution in [0, 0.1) is 0 Å². The Hall–Kier alpha value is -3.34. The number of benzene rings is 2. The first kappa shape index (κ1) is 19.4. The zero-order valence-electron chi connectivity index (χ0n) is 16.4. The molecule has 0 radical (unpaired) electrons. The van der Waals surface area contributed by atoms with Gasteiger partial charge in [0, 0.05) is 19.8 Å². The Morgan fingerprint density at radius 2 is 1.75 bits per heavy atom. The van der Waals surface area contributed by atoms with Crippen molar-refractivity contribution in [1.82, 2.24) is 9.88 Å². The third kappa shape index (κ3) is 5.10. The molecule has 1 amide bonds. The maximum absolute atomic E-state index is 12.6. The smallest absolute Gasteiger partial charge is 0.255 e. The molecule has 0 bridgehead atoms. The molecule has 1 aromatic heterocycles. The number of carbonyl (C=O) groups excluding carboxylic acids is 1. The summed E-state index contributed by atoms with van der Waals surface area (Å²) >= 11 is 0. The largest absolute Gasteiger partial charge is 0.489 e. The van der Waals surface area contributed by atoms with Gasteiger partial charge in [0.2, 0.25) is 0 Å². The number of nitrogens with zero attached hydrogens (tertiary/aromatic N) is 2. The molecule has 0 spiro atoms. The third-order valence-corrected chi connectivity index (χ3v) is 4.13. The maximum atomic E-state index is 12.6. The van der Waals surface area contributed by atoms with E-state index in [0.717, 1.165) is 17.0 Å². The molecule has 0 aliphatic rings. The van der Waals surface area contributed by atoms with E-state index >= 15 is 0 Å². The van der Waals surface area contributed by atoms with Crippen LogP contribution >= 0.6 is 0 Å². The van der Waals surface area contributed by atoms with Gasteiger partial charge < -0.3 is 15.0 Å². The maximum Gasteiger partial charge on any atom is 0.255 e. The lowest BCUT2D eigenvalue weighted by molar-refractivity contribution is 0.0784. The molecule has 0 saturated carbocycles. The first-order valence-electron chi connectivity index (χ1n) is 9.31. The molecular weight excluding hydrogens is 350 g/mol. The van der Waals surface area contributed by atoms with Crippen molar-refractivity contribution in [3.63, 3.8) is 0 Å². The Balaban J connectivity index is 1.67. The van der Waals surface area contributed by atoms with E-state index < -0.39 is 0 Å². The highest BCUT2D eigenvalue weighted by Crippen LogP contribution is 2.27. The fourth-order valence-electron chi connectivity index (χ4n) is 2.81. The van der Waals surface area contributed by atoms with Crippen molar-refractivity contribution in [2.75, 3.05) is 12.4 Å². The number of para-hydroxylation sites is 2. The minimum absolute atomic E-state index is 0.0635. The van der Waals surface area contributed by atoms with Crippen molar-refractivity contribution in [3.8, 4) is 5.75 Å². The van der Waals surface area contributed by atoms with Gasteiger partial charge in [-0.2, -0.15) is 0 Å². The van der Waals surface area contributed by atoms with E-state index in [4.69, 9.17) is 4.74 Å². The van der Waals surface area contributed by atoms with Gasteiger partial charge in [-0.3, -0.25) is 4.79 Å². The summed E-state index contributed by atoms with van der Waals surface area (Å²) in [7, 11) is 1.79. The average molecular weight is 375 g/mol.